The number of thiophene rings is 1. The Kier molecular flexibility index (Phi) is 3.39. The molecule has 1 saturated carbocycles. The van der Waals surface area contributed by atoms with Crippen molar-refractivity contribution in [2.24, 2.45) is 5.92 Å². The van der Waals surface area contributed by atoms with E-state index in [1.807, 2.05) is 30.5 Å². The minimum Gasteiger partial charge on any atom is -0.303 e. The minimum absolute atomic E-state index is 0.500. The van der Waals surface area contributed by atoms with Crippen molar-refractivity contribution in [1.82, 2.24) is 15.3 Å². The summed E-state index contributed by atoms with van der Waals surface area (Å²) < 4.78 is 0. The molecule has 1 atom stereocenters. The molecule has 0 amide bonds. The van der Waals surface area contributed by atoms with E-state index in [9.17, 15) is 0 Å². The summed E-state index contributed by atoms with van der Waals surface area (Å²) in [4.78, 5) is 10.0. The fraction of sp³-hybridized carbons (Fsp3) is 0.429. The van der Waals surface area contributed by atoms with Crippen LogP contribution in [0.25, 0.3) is 0 Å². The molecule has 1 fully saturated rings. The number of aromatic nitrogens is 2. The molecular weight excluding hydrogens is 242 g/mol. The van der Waals surface area contributed by atoms with E-state index in [-0.39, 0.29) is 0 Å². The lowest BCUT2D eigenvalue weighted by Gasteiger charge is -2.16. The van der Waals surface area contributed by atoms with Crippen LogP contribution in [0.2, 0.25) is 0 Å². The van der Waals surface area contributed by atoms with Gasteiger partial charge in [0.05, 0.1) is 5.69 Å². The second kappa shape index (κ2) is 5.16. The number of hydrogen-bond donors (Lipinski definition) is 1. The Labute approximate surface area is 111 Å². The molecule has 3 rings (SSSR count). The van der Waals surface area contributed by atoms with Gasteiger partial charge in [0.25, 0.3) is 0 Å². The molecule has 1 unspecified atom stereocenters. The fourth-order valence-corrected chi connectivity index (χ4v) is 3.11. The van der Waals surface area contributed by atoms with Crippen LogP contribution in [0.3, 0.4) is 0 Å². The molecular formula is C14H17N3S. The van der Waals surface area contributed by atoms with Crippen molar-refractivity contribution in [3.63, 3.8) is 0 Å². The summed E-state index contributed by atoms with van der Waals surface area (Å²) in [5, 5.41) is 5.80. The van der Waals surface area contributed by atoms with Crippen molar-refractivity contribution < 1.29 is 0 Å². The average molecular weight is 259 g/mol. The maximum Gasteiger partial charge on any atom is 0.125 e. The molecule has 0 spiro atoms. The highest BCUT2D eigenvalue weighted by atomic mass is 32.1. The molecule has 0 bridgehead atoms. The third-order valence-corrected chi connectivity index (χ3v) is 4.24. The molecule has 0 aliphatic heterocycles. The van der Waals surface area contributed by atoms with E-state index in [1.54, 1.807) is 0 Å². The van der Waals surface area contributed by atoms with Gasteiger partial charge in [-0.05, 0) is 43.2 Å². The maximum absolute atomic E-state index is 4.44. The molecule has 18 heavy (non-hydrogen) atoms. The molecule has 1 aliphatic rings. The van der Waals surface area contributed by atoms with Crippen LogP contribution in [0.1, 0.15) is 35.3 Å². The lowest BCUT2D eigenvalue weighted by Crippen LogP contribution is -2.22. The zero-order valence-electron chi connectivity index (χ0n) is 10.5. The second-order valence-corrected chi connectivity index (χ2v) is 5.79. The van der Waals surface area contributed by atoms with Gasteiger partial charge < -0.3 is 5.32 Å². The van der Waals surface area contributed by atoms with Gasteiger partial charge in [-0.3, -0.25) is 0 Å². The van der Waals surface area contributed by atoms with Crippen molar-refractivity contribution >= 4 is 11.3 Å². The third-order valence-electron chi connectivity index (χ3n) is 3.28. The predicted molar refractivity (Wildman–Crippen MR) is 73.4 cm³/mol. The van der Waals surface area contributed by atoms with Crippen molar-refractivity contribution in [3.05, 3.63) is 46.2 Å². The minimum atomic E-state index is 0.500. The lowest BCUT2D eigenvalue weighted by atomic mass is 10.1. The molecule has 4 heteroatoms. The van der Waals surface area contributed by atoms with E-state index in [2.05, 4.69) is 32.8 Å². The van der Waals surface area contributed by atoms with Crippen LogP contribution in [0, 0.1) is 12.8 Å². The standard InChI is InChI=1S/C14H17N3S/c1-10-15-7-6-12(17-10)9-16-14(11-4-5-11)13-3-2-8-18-13/h2-3,6-8,11,14,16H,4-5,9H2,1H3. The largest absolute Gasteiger partial charge is 0.303 e. The Hall–Kier alpha value is -1.26. The number of nitrogens with zero attached hydrogens (tertiary/aromatic N) is 2. The summed E-state index contributed by atoms with van der Waals surface area (Å²) in [6.45, 7) is 2.75. The first-order valence-electron chi connectivity index (χ1n) is 6.38. The van der Waals surface area contributed by atoms with E-state index in [0.29, 0.717) is 6.04 Å². The van der Waals surface area contributed by atoms with Crippen LogP contribution in [-0.2, 0) is 6.54 Å². The molecule has 2 aromatic heterocycles. The number of aryl methyl sites for hydroxylation is 1. The molecule has 2 heterocycles. The molecule has 1 aliphatic carbocycles. The van der Waals surface area contributed by atoms with Gasteiger partial charge in [-0.25, -0.2) is 9.97 Å². The Morgan fingerprint density at radius 2 is 2.33 bits per heavy atom. The van der Waals surface area contributed by atoms with Gasteiger partial charge in [0.15, 0.2) is 0 Å². The van der Waals surface area contributed by atoms with Crippen LogP contribution < -0.4 is 5.32 Å². The van der Waals surface area contributed by atoms with Crippen molar-refractivity contribution in [2.45, 2.75) is 32.4 Å². The first kappa shape index (κ1) is 11.8. The number of hydrogen-bond acceptors (Lipinski definition) is 4. The summed E-state index contributed by atoms with van der Waals surface area (Å²) >= 11 is 1.84. The predicted octanol–water partition coefficient (Wildman–Crippen LogP) is 3.09. The van der Waals surface area contributed by atoms with Crippen molar-refractivity contribution in [3.8, 4) is 0 Å². The molecule has 94 valence electrons. The summed E-state index contributed by atoms with van der Waals surface area (Å²) in [5.41, 5.74) is 1.07. The van der Waals surface area contributed by atoms with E-state index >= 15 is 0 Å². The number of rotatable bonds is 5. The Morgan fingerprint density at radius 1 is 1.44 bits per heavy atom. The zero-order chi connectivity index (χ0) is 12.4. The van der Waals surface area contributed by atoms with Crippen molar-refractivity contribution in [1.29, 1.82) is 0 Å². The van der Waals surface area contributed by atoms with Crippen LogP contribution >= 0.6 is 11.3 Å². The first-order chi connectivity index (χ1) is 8.83. The number of nitrogens with one attached hydrogen (secondary N) is 1. The highest BCUT2D eigenvalue weighted by Crippen LogP contribution is 2.42. The van der Waals surface area contributed by atoms with E-state index in [0.717, 1.165) is 24.0 Å². The van der Waals surface area contributed by atoms with Gasteiger partial charge in [-0.1, -0.05) is 6.07 Å². The average Bonchev–Trinajstić information content (AvgIpc) is 3.05. The van der Waals surface area contributed by atoms with Crippen LogP contribution in [0.15, 0.2) is 29.8 Å². The maximum atomic E-state index is 4.44. The molecule has 2 aromatic rings. The van der Waals surface area contributed by atoms with Gasteiger partial charge in [0.1, 0.15) is 5.82 Å². The molecule has 1 N–H and O–H groups in total. The Balaban J connectivity index is 1.67. The van der Waals surface area contributed by atoms with Crippen LogP contribution in [-0.4, -0.2) is 9.97 Å². The van der Waals surface area contributed by atoms with Crippen LogP contribution in [0.5, 0.6) is 0 Å². The molecule has 0 saturated heterocycles. The lowest BCUT2D eigenvalue weighted by molar-refractivity contribution is 0.483. The summed E-state index contributed by atoms with van der Waals surface area (Å²) in [6, 6.07) is 6.84. The highest BCUT2D eigenvalue weighted by Gasteiger charge is 2.32. The summed E-state index contributed by atoms with van der Waals surface area (Å²) in [5.74, 6) is 1.65. The fourth-order valence-electron chi connectivity index (χ4n) is 2.22. The van der Waals surface area contributed by atoms with Gasteiger partial charge in [0, 0.05) is 23.7 Å². The molecule has 0 radical (unpaired) electrons. The third kappa shape index (κ3) is 2.76. The summed E-state index contributed by atoms with van der Waals surface area (Å²) in [7, 11) is 0. The highest BCUT2D eigenvalue weighted by molar-refractivity contribution is 7.10. The zero-order valence-corrected chi connectivity index (χ0v) is 11.3. The normalized spacial score (nSPS) is 16.7. The smallest absolute Gasteiger partial charge is 0.125 e. The summed E-state index contributed by atoms with van der Waals surface area (Å²) in [6.07, 6.45) is 4.52. The van der Waals surface area contributed by atoms with Crippen LogP contribution in [0.4, 0.5) is 0 Å². The van der Waals surface area contributed by atoms with Gasteiger partial charge in [0.2, 0.25) is 0 Å². The van der Waals surface area contributed by atoms with Gasteiger partial charge in [-0.15, -0.1) is 11.3 Å². The van der Waals surface area contributed by atoms with Gasteiger partial charge in [-0.2, -0.15) is 0 Å². The molecule has 3 nitrogen and oxygen atoms in total. The van der Waals surface area contributed by atoms with Gasteiger partial charge >= 0.3 is 0 Å². The Morgan fingerprint density at radius 3 is 3.00 bits per heavy atom. The quantitative estimate of drug-likeness (QED) is 0.896. The SMILES string of the molecule is Cc1nccc(CNC(c2cccs2)C2CC2)n1. The van der Waals surface area contributed by atoms with E-state index < -0.39 is 0 Å². The van der Waals surface area contributed by atoms with E-state index in [4.69, 9.17) is 0 Å². The van der Waals surface area contributed by atoms with Crippen molar-refractivity contribution in [2.75, 3.05) is 0 Å². The molecule has 0 aromatic carbocycles. The Bertz CT molecular complexity index is 506. The van der Waals surface area contributed by atoms with E-state index in [1.165, 1.54) is 17.7 Å². The second-order valence-electron chi connectivity index (χ2n) is 4.81. The topological polar surface area (TPSA) is 37.8 Å². The first-order valence-corrected chi connectivity index (χ1v) is 7.26. The monoisotopic (exact) mass is 259 g/mol.